The Bertz CT molecular complexity index is 1010. The van der Waals surface area contributed by atoms with Crippen LogP contribution in [0.15, 0.2) is 42.5 Å². The van der Waals surface area contributed by atoms with Crippen molar-refractivity contribution in [2.75, 3.05) is 5.32 Å². The number of hydrogen-bond donors (Lipinski definition) is 1. The number of halogens is 4. The molecular formula is C19H17F4N5O. The van der Waals surface area contributed by atoms with Crippen LogP contribution >= 0.6 is 0 Å². The normalized spacial score (nSPS) is 12.6. The van der Waals surface area contributed by atoms with Gasteiger partial charge in [0.25, 0.3) is 0 Å². The smallest absolute Gasteiger partial charge is 0.326 e. The summed E-state index contributed by atoms with van der Waals surface area (Å²) in [6.45, 7) is 3.35. The monoisotopic (exact) mass is 407 g/mol. The van der Waals surface area contributed by atoms with E-state index in [1.165, 1.54) is 35.0 Å². The molecule has 3 rings (SSSR count). The van der Waals surface area contributed by atoms with Crippen LogP contribution in [0.3, 0.4) is 0 Å². The van der Waals surface area contributed by atoms with E-state index < -0.39 is 17.6 Å². The molecule has 0 spiro atoms. The van der Waals surface area contributed by atoms with Gasteiger partial charge in [0.2, 0.25) is 5.91 Å². The third-order valence-corrected chi connectivity index (χ3v) is 4.38. The SMILES string of the molecule is Cc1nnnn1-c1cc(NC(=O)CC(C)c2ccc(C(F)(F)F)cc2)ccc1F. The quantitative estimate of drug-likeness (QED) is 0.642. The Balaban J connectivity index is 1.68. The minimum atomic E-state index is -4.41. The number of anilines is 1. The molecule has 0 bridgehead atoms. The van der Waals surface area contributed by atoms with E-state index in [-0.39, 0.29) is 23.9 Å². The third-order valence-electron chi connectivity index (χ3n) is 4.38. The zero-order valence-electron chi connectivity index (χ0n) is 15.5. The van der Waals surface area contributed by atoms with E-state index in [1.54, 1.807) is 13.8 Å². The lowest BCUT2D eigenvalue weighted by Gasteiger charge is -2.14. The predicted octanol–water partition coefficient (Wildman–Crippen LogP) is 4.26. The van der Waals surface area contributed by atoms with Gasteiger partial charge in [-0.1, -0.05) is 19.1 Å². The summed E-state index contributed by atoms with van der Waals surface area (Å²) in [6.07, 6.45) is -4.36. The maximum atomic E-state index is 14.1. The first kappa shape index (κ1) is 20.4. The maximum Gasteiger partial charge on any atom is 0.416 e. The van der Waals surface area contributed by atoms with Crippen LogP contribution in [0.5, 0.6) is 0 Å². The summed E-state index contributed by atoms with van der Waals surface area (Å²) in [6, 6.07) is 8.69. The van der Waals surface area contributed by atoms with E-state index in [0.717, 1.165) is 12.1 Å². The number of nitrogens with one attached hydrogen (secondary N) is 1. The van der Waals surface area contributed by atoms with Gasteiger partial charge in [0.05, 0.1) is 5.56 Å². The minimum Gasteiger partial charge on any atom is -0.326 e. The van der Waals surface area contributed by atoms with Crippen molar-refractivity contribution >= 4 is 11.6 Å². The van der Waals surface area contributed by atoms with E-state index in [2.05, 4.69) is 20.8 Å². The summed E-state index contributed by atoms with van der Waals surface area (Å²) in [5.41, 5.74) is 0.300. The fraction of sp³-hybridized carbons (Fsp3) is 0.263. The van der Waals surface area contributed by atoms with Gasteiger partial charge in [0.1, 0.15) is 11.5 Å². The number of hydrogen-bond acceptors (Lipinski definition) is 4. The number of tetrazole rings is 1. The number of carbonyl (C=O) groups excluding carboxylic acids is 1. The highest BCUT2D eigenvalue weighted by Crippen LogP contribution is 2.30. The highest BCUT2D eigenvalue weighted by Gasteiger charge is 2.30. The number of amides is 1. The molecule has 1 atom stereocenters. The van der Waals surface area contributed by atoms with Crippen molar-refractivity contribution in [2.45, 2.75) is 32.4 Å². The highest BCUT2D eigenvalue weighted by molar-refractivity contribution is 5.91. The van der Waals surface area contributed by atoms with Gasteiger partial charge in [-0.3, -0.25) is 4.79 Å². The number of rotatable bonds is 5. The second-order valence-corrected chi connectivity index (χ2v) is 6.58. The first-order valence-corrected chi connectivity index (χ1v) is 8.67. The molecule has 6 nitrogen and oxygen atoms in total. The summed E-state index contributed by atoms with van der Waals surface area (Å²) >= 11 is 0. The van der Waals surface area contributed by atoms with Crippen LogP contribution in [-0.2, 0) is 11.0 Å². The second-order valence-electron chi connectivity index (χ2n) is 6.58. The summed E-state index contributed by atoms with van der Waals surface area (Å²) in [4.78, 5) is 12.3. The zero-order valence-corrected chi connectivity index (χ0v) is 15.5. The molecule has 1 aromatic heterocycles. The Morgan fingerprint density at radius 2 is 1.86 bits per heavy atom. The Labute approximate surface area is 163 Å². The number of aryl methyl sites for hydroxylation is 1. The number of benzene rings is 2. The lowest BCUT2D eigenvalue weighted by molar-refractivity contribution is -0.137. The summed E-state index contributed by atoms with van der Waals surface area (Å²) in [5.74, 6) is -0.845. The molecule has 0 fully saturated rings. The van der Waals surface area contributed by atoms with Crippen LogP contribution in [0.1, 0.15) is 36.2 Å². The summed E-state index contributed by atoms with van der Waals surface area (Å²) < 4.78 is 53.3. The molecule has 1 heterocycles. The van der Waals surface area contributed by atoms with Gasteiger partial charge in [-0.2, -0.15) is 17.9 Å². The minimum absolute atomic E-state index is 0.0436. The van der Waals surface area contributed by atoms with Crippen molar-refractivity contribution in [2.24, 2.45) is 0 Å². The average Bonchev–Trinajstić information content (AvgIpc) is 3.08. The molecule has 152 valence electrons. The van der Waals surface area contributed by atoms with Gasteiger partial charge in [0, 0.05) is 12.1 Å². The van der Waals surface area contributed by atoms with Crippen LogP contribution in [0.4, 0.5) is 23.2 Å². The fourth-order valence-corrected chi connectivity index (χ4v) is 2.82. The number of aromatic nitrogens is 4. The van der Waals surface area contributed by atoms with Crippen LogP contribution in [-0.4, -0.2) is 26.1 Å². The molecule has 3 aromatic rings. The Morgan fingerprint density at radius 3 is 2.45 bits per heavy atom. The molecule has 0 saturated carbocycles. The van der Waals surface area contributed by atoms with Crippen molar-refractivity contribution in [3.8, 4) is 5.69 Å². The van der Waals surface area contributed by atoms with Gasteiger partial charge < -0.3 is 5.32 Å². The fourth-order valence-electron chi connectivity index (χ4n) is 2.82. The Morgan fingerprint density at radius 1 is 1.17 bits per heavy atom. The van der Waals surface area contributed by atoms with Crippen LogP contribution in [0, 0.1) is 12.7 Å². The lowest BCUT2D eigenvalue weighted by atomic mass is 9.96. The van der Waals surface area contributed by atoms with Crippen molar-refractivity contribution in [3.63, 3.8) is 0 Å². The molecule has 1 N–H and O–H groups in total. The van der Waals surface area contributed by atoms with Gasteiger partial charge in [-0.25, -0.2) is 4.39 Å². The molecule has 0 aliphatic heterocycles. The van der Waals surface area contributed by atoms with E-state index >= 15 is 0 Å². The van der Waals surface area contributed by atoms with E-state index in [0.29, 0.717) is 17.1 Å². The molecule has 1 unspecified atom stereocenters. The molecule has 0 saturated heterocycles. The molecule has 29 heavy (non-hydrogen) atoms. The zero-order chi connectivity index (χ0) is 21.2. The van der Waals surface area contributed by atoms with Crippen molar-refractivity contribution in [1.29, 1.82) is 0 Å². The summed E-state index contributed by atoms with van der Waals surface area (Å²) in [7, 11) is 0. The van der Waals surface area contributed by atoms with E-state index in [1.807, 2.05) is 0 Å². The molecule has 0 aliphatic rings. The van der Waals surface area contributed by atoms with Crippen molar-refractivity contribution in [3.05, 3.63) is 65.2 Å². The molecule has 1 amide bonds. The average molecular weight is 407 g/mol. The number of alkyl halides is 3. The number of nitrogens with zero attached hydrogens (tertiary/aromatic N) is 4. The first-order chi connectivity index (χ1) is 13.6. The van der Waals surface area contributed by atoms with Crippen LogP contribution < -0.4 is 5.32 Å². The van der Waals surface area contributed by atoms with E-state index in [4.69, 9.17) is 0 Å². The summed E-state index contributed by atoms with van der Waals surface area (Å²) in [5, 5.41) is 13.5. The third kappa shape index (κ3) is 4.76. The van der Waals surface area contributed by atoms with Gasteiger partial charge in [-0.05, 0) is 59.2 Å². The van der Waals surface area contributed by atoms with Crippen LogP contribution in [0.2, 0.25) is 0 Å². The van der Waals surface area contributed by atoms with Crippen molar-refractivity contribution < 1.29 is 22.4 Å². The van der Waals surface area contributed by atoms with Gasteiger partial charge in [-0.15, -0.1) is 5.10 Å². The van der Waals surface area contributed by atoms with Crippen LogP contribution in [0.25, 0.3) is 5.69 Å². The first-order valence-electron chi connectivity index (χ1n) is 8.67. The molecule has 0 aliphatic carbocycles. The second kappa shape index (κ2) is 7.98. The predicted molar refractivity (Wildman–Crippen MR) is 97.0 cm³/mol. The highest BCUT2D eigenvalue weighted by atomic mass is 19.4. The number of carbonyl (C=O) groups is 1. The largest absolute Gasteiger partial charge is 0.416 e. The Hall–Kier alpha value is -3.30. The Kier molecular flexibility index (Phi) is 5.62. The standard InChI is InChI=1S/C19H17F4N5O/c1-11(13-3-5-14(6-4-13)19(21,22)23)9-18(29)24-15-7-8-16(20)17(10-15)28-12(2)25-26-27-28/h3-8,10-11H,9H2,1-2H3,(H,24,29). The topological polar surface area (TPSA) is 72.7 Å². The van der Waals surface area contributed by atoms with Gasteiger partial charge >= 0.3 is 6.18 Å². The lowest BCUT2D eigenvalue weighted by Crippen LogP contribution is -2.15. The van der Waals surface area contributed by atoms with E-state index in [9.17, 15) is 22.4 Å². The molecule has 0 radical (unpaired) electrons. The van der Waals surface area contributed by atoms with Crippen molar-refractivity contribution in [1.82, 2.24) is 20.2 Å². The maximum absolute atomic E-state index is 14.1. The molecule has 2 aromatic carbocycles. The molecular weight excluding hydrogens is 390 g/mol. The molecule has 10 heteroatoms. The van der Waals surface area contributed by atoms with Gasteiger partial charge in [0.15, 0.2) is 5.82 Å².